The summed E-state index contributed by atoms with van der Waals surface area (Å²) in [6, 6.07) is 6.81. The smallest absolute Gasteiger partial charge is 0.319 e. The van der Waals surface area contributed by atoms with E-state index >= 15 is 8.78 Å². The molecule has 1 aliphatic carbocycles. The van der Waals surface area contributed by atoms with Crippen molar-refractivity contribution in [1.82, 2.24) is 49.5 Å². The van der Waals surface area contributed by atoms with Crippen molar-refractivity contribution in [3.05, 3.63) is 131 Å². The van der Waals surface area contributed by atoms with E-state index in [1.54, 1.807) is 39.9 Å². The molecular formula is C50H45Cl2F3N12O4. The molecule has 2 fully saturated rings. The van der Waals surface area contributed by atoms with Crippen LogP contribution in [0.15, 0.2) is 86.2 Å². The number of rotatable bonds is 11. The fourth-order valence-electron chi connectivity index (χ4n) is 9.65. The lowest BCUT2D eigenvalue weighted by Gasteiger charge is -2.36. The molecule has 0 radical (unpaired) electrons. The van der Waals surface area contributed by atoms with Gasteiger partial charge < -0.3 is 34.0 Å². The molecule has 6 heterocycles. The number of anilines is 2. The normalized spacial score (nSPS) is 17.4. The number of fused-ring (bicyclic) bond motifs is 3. The number of ether oxygens (including phenoxy) is 1. The number of halogens is 5. The molecule has 2 saturated heterocycles. The highest BCUT2D eigenvalue weighted by atomic mass is 35.5. The van der Waals surface area contributed by atoms with Crippen LogP contribution in [0, 0.1) is 18.6 Å². The lowest BCUT2D eigenvalue weighted by atomic mass is 9.88. The Morgan fingerprint density at radius 2 is 1.59 bits per heavy atom. The van der Waals surface area contributed by atoms with E-state index in [9.17, 15) is 19.1 Å². The maximum absolute atomic E-state index is 17.1. The number of aryl methyl sites for hydroxylation is 1. The molecule has 0 saturated carbocycles. The van der Waals surface area contributed by atoms with E-state index < -0.39 is 23.7 Å². The fourth-order valence-corrected chi connectivity index (χ4v) is 10.2. The zero-order valence-corrected chi connectivity index (χ0v) is 40.0. The molecule has 3 aromatic carbocycles. The van der Waals surface area contributed by atoms with Gasteiger partial charge in [-0.3, -0.25) is 14.7 Å². The summed E-state index contributed by atoms with van der Waals surface area (Å²) in [6.07, 6.45) is 8.14. The van der Waals surface area contributed by atoms with Crippen LogP contribution in [0.1, 0.15) is 28.6 Å². The van der Waals surface area contributed by atoms with E-state index in [0.717, 1.165) is 5.56 Å². The summed E-state index contributed by atoms with van der Waals surface area (Å²) >= 11 is 13.5. The number of carbonyl (C=O) groups excluding carboxylic acids is 2. The van der Waals surface area contributed by atoms with E-state index in [0.29, 0.717) is 89.7 Å². The Balaban J connectivity index is 0.842. The molecule has 2 N–H and O–H groups in total. The Kier molecular flexibility index (Phi) is 12.6. The summed E-state index contributed by atoms with van der Waals surface area (Å²) in [4.78, 5) is 56.0. The van der Waals surface area contributed by atoms with Gasteiger partial charge >= 0.3 is 6.01 Å². The monoisotopic (exact) mass is 1000 g/mol. The average molecular weight is 1010 g/mol. The van der Waals surface area contributed by atoms with E-state index in [1.807, 2.05) is 28.9 Å². The topological polar surface area (TPSA) is 175 Å². The zero-order chi connectivity index (χ0) is 49.8. The number of allylic oxidation sites excluding steroid dienone is 4. The van der Waals surface area contributed by atoms with Crippen molar-refractivity contribution in [2.75, 3.05) is 68.8 Å². The number of carbonyl (C=O) groups is 2. The molecule has 71 heavy (non-hydrogen) atoms. The van der Waals surface area contributed by atoms with Gasteiger partial charge in [-0.2, -0.15) is 15.1 Å². The van der Waals surface area contributed by atoms with Gasteiger partial charge in [0.2, 0.25) is 5.91 Å². The molecule has 16 nitrogen and oxygen atoms in total. The predicted octanol–water partition coefficient (Wildman–Crippen LogP) is 7.99. The Bertz CT molecular complexity index is 3400. The first-order chi connectivity index (χ1) is 34.2. The number of aromatic amines is 1. The number of aliphatic hydroxyl groups excluding tert-OH is 1. The summed E-state index contributed by atoms with van der Waals surface area (Å²) in [7, 11) is 1.77. The number of hydrogen-bond donors (Lipinski definition) is 2. The second-order valence-electron chi connectivity index (χ2n) is 17.4. The Morgan fingerprint density at radius 1 is 0.887 bits per heavy atom. The van der Waals surface area contributed by atoms with Crippen LogP contribution in [0.2, 0.25) is 10.0 Å². The summed E-state index contributed by atoms with van der Waals surface area (Å²) < 4.78 is 56.0. The van der Waals surface area contributed by atoms with Gasteiger partial charge in [-0.05, 0) is 48.9 Å². The highest BCUT2D eigenvalue weighted by Crippen LogP contribution is 2.44. The van der Waals surface area contributed by atoms with Crippen molar-refractivity contribution in [3.8, 4) is 17.1 Å². The molecule has 0 unspecified atom stereocenters. The number of piperazine rings is 2. The highest BCUT2D eigenvalue weighted by molar-refractivity contribution is 6.35. The predicted molar refractivity (Wildman–Crippen MR) is 266 cm³/mol. The molecule has 7 aromatic rings. The number of aliphatic hydroxyl groups is 1. The number of benzene rings is 3. The number of hydrogen-bond acceptors (Lipinski definition) is 12. The van der Waals surface area contributed by atoms with Crippen LogP contribution in [0.5, 0.6) is 6.01 Å². The molecule has 2 atom stereocenters. The molecule has 2 aliphatic heterocycles. The van der Waals surface area contributed by atoms with Crippen LogP contribution in [0.4, 0.5) is 24.8 Å². The third-order valence-electron chi connectivity index (χ3n) is 13.4. The van der Waals surface area contributed by atoms with Crippen LogP contribution in [-0.4, -0.2) is 132 Å². The minimum atomic E-state index is -1.69. The number of H-pyrrole nitrogens is 1. The number of nitrogens with one attached hydrogen (secondary N) is 1. The lowest BCUT2D eigenvalue weighted by molar-refractivity contribution is -0.126. The van der Waals surface area contributed by atoms with Crippen LogP contribution in [0.3, 0.4) is 0 Å². The molecule has 21 heteroatoms. The van der Waals surface area contributed by atoms with Crippen molar-refractivity contribution in [3.63, 3.8) is 0 Å². The fraction of sp³-hybridized carbons (Fsp3) is 0.280. The largest absolute Gasteiger partial charge is 0.512 e. The van der Waals surface area contributed by atoms with Gasteiger partial charge in [0.1, 0.15) is 46.8 Å². The Morgan fingerprint density at radius 3 is 2.32 bits per heavy atom. The molecule has 2 amide bonds. The molecule has 0 spiro atoms. The van der Waals surface area contributed by atoms with Gasteiger partial charge in [-0.15, -0.1) is 0 Å². The summed E-state index contributed by atoms with van der Waals surface area (Å²) in [5, 5.41) is 19.0. The second-order valence-corrected chi connectivity index (χ2v) is 18.2. The first kappa shape index (κ1) is 47.2. The van der Waals surface area contributed by atoms with Gasteiger partial charge in [-0.1, -0.05) is 48.5 Å². The van der Waals surface area contributed by atoms with Gasteiger partial charge in [-0.25, -0.2) is 28.1 Å². The zero-order valence-electron chi connectivity index (χ0n) is 38.5. The Hall–Kier alpha value is -7.51. The van der Waals surface area contributed by atoms with Crippen molar-refractivity contribution in [1.29, 1.82) is 0 Å². The summed E-state index contributed by atoms with van der Waals surface area (Å²) in [5.41, 5.74) is 2.71. The number of amides is 2. The number of alkyl halides is 1. The van der Waals surface area contributed by atoms with Crippen LogP contribution >= 0.6 is 23.2 Å². The lowest BCUT2D eigenvalue weighted by Crippen LogP contribution is -2.49. The number of aromatic nitrogens is 8. The molecule has 3 aliphatic rings. The standard InChI is InChI=1S/C50H45Cl2F3N12O4/c1-5-38(69)64-12-14-66(15-13-64)48-29-22-31(51)40(39-26(2)9-10-34-30(39)23-59-62-34)44(55)46(29)60-50(61-48)71-20-11-37-56-24-35(63(37)4)27(3)49(70)67-18-16-65(17-19-67)47-28-21-32(52)41(43(54)45(28)57-25-58-47)42-33(53)7-6-8-36(42)68/h5-10,21-25,33,42,68H,1,3,11-20H2,2,4H3,(H,59,62)/t33-,42-/m0/s1. The van der Waals surface area contributed by atoms with E-state index in [-0.39, 0.29) is 87.5 Å². The van der Waals surface area contributed by atoms with E-state index in [2.05, 4.69) is 43.3 Å². The molecular weight excluding hydrogens is 961 g/mol. The summed E-state index contributed by atoms with van der Waals surface area (Å²) in [5.74, 6) is -2.28. The second kappa shape index (κ2) is 19.0. The summed E-state index contributed by atoms with van der Waals surface area (Å²) in [6.45, 7) is 12.5. The highest BCUT2D eigenvalue weighted by Gasteiger charge is 2.35. The van der Waals surface area contributed by atoms with E-state index in [1.165, 1.54) is 36.7 Å². The van der Waals surface area contributed by atoms with Crippen molar-refractivity contribution < 1.29 is 32.6 Å². The quantitative estimate of drug-likeness (QED) is 0.120. The van der Waals surface area contributed by atoms with Gasteiger partial charge in [0.05, 0.1) is 46.7 Å². The SMILES string of the molecule is C=CC(=O)N1CCN(c2nc(OCCc3ncc(C(=C)C(=O)N4CCN(c5ncnc6c(F)c([C@@H]7C(O)=CC=C[C@@H]7F)c(Cl)cc56)CC4)n3C)nc3c(F)c(-c4c(C)ccc5[nH]ncc45)c(Cl)cc23)CC1. The van der Waals surface area contributed by atoms with Crippen molar-refractivity contribution in [2.24, 2.45) is 7.05 Å². The molecule has 364 valence electrons. The number of nitrogens with zero attached hydrogens (tertiary/aromatic N) is 11. The van der Waals surface area contributed by atoms with Crippen LogP contribution in [0.25, 0.3) is 49.4 Å². The maximum atomic E-state index is 17.1. The van der Waals surface area contributed by atoms with E-state index in [4.69, 9.17) is 32.9 Å². The van der Waals surface area contributed by atoms with Crippen LogP contribution < -0.4 is 14.5 Å². The third-order valence-corrected chi connectivity index (χ3v) is 14.0. The first-order valence-corrected chi connectivity index (χ1v) is 23.5. The maximum Gasteiger partial charge on any atom is 0.319 e. The molecule has 4 aromatic heterocycles. The third kappa shape index (κ3) is 8.45. The van der Waals surface area contributed by atoms with Crippen LogP contribution in [-0.2, 0) is 23.1 Å². The van der Waals surface area contributed by atoms with Crippen molar-refractivity contribution >= 4 is 84.9 Å². The van der Waals surface area contributed by atoms with Gasteiger partial charge in [0.15, 0.2) is 11.6 Å². The molecule has 10 rings (SSSR count). The molecule has 0 bridgehead atoms. The minimum Gasteiger partial charge on any atom is -0.512 e. The average Bonchev–Trinajstić information content (AvgIpc) is 4.01. The van der Waals surface area contributed by atoms with Gasteiger partial charge in [0, 0.05) is 104 Å². The Labute approximate surface area is 414 Å². The number of imidazole rings is 1. The first-order valence-electron chi connectivity index (χ1n) is 22.7. The minimum absolute atomic E-state index is 0.00574. The van der Waals surface area contributed by atoms with Crippen molar-refractivity contribution in [2.45, 2.75) is 25.4 Å². The van der Waals surface area contributed by atoms with Gasteiger partial charge in [0.25, 0.3) is 5.91 Å².